The summed E-state index contributed by atoms with van der Waals surface area (Å²) in [4.78, 5) is 0. The molecule has 1 aromatic rings. The third-order valence-electron chi connectivity index (χ3n) is 3.19. The Morgan fingerprint density at radius 2 is 2.11 bits per heavy atom. The van der Waals surface area contributed by atoms with Gasteiger partial charge in [0.15, 0.2) is 0 Å². The first-order chi connectivity index (χ1) is 8.41. The predicted molar refractivity (Wildman–Crippen MR) is 73.8 cm³/mol. The van der Waals surface area contributed by atoms with Crippen LogP contribution in [0.25, 0.3) is 0 Å². The van der Waals surface area contributed by atoms with Crippen molar-refractivity contribution in [1.82, 2.24) is 5.32 Å². The van der Waals surface area contributed by atoms with Gasteiger partial charge < -0.3 is 4.74 Å². The molecule has 0 fully saturated rings. The third kappa shape index (κ3) is 3.48. The first-order valence-electron chi connectivity index (χ1n) is 6.25. The van der Waals surface area contributed by atoms with Crippen molar-refractivity contribution >= 4 is 0 Å². The van der Waals surface area contributed by atoms with Crippen molar-refractivity contribution in [3.63, 3.8) is 0 Å². The maximum atomic E-state index is 9.04. The number of nitriles is 1. The zero-order valence-corrected chi connectivity index (χ0v) is 11.9. The van der Waals surface area contributed by atoms with Gasteiger partial charge in [0.1, 0.15) is 17.9 Å². The summed E-state index contributed by atoms with van der Waals surface area (Å²) in [6.07, 6.45) is 0. The number of ether oxygens (including phenoxy) is 1. The number of likely N-dealkylation sites (N-methyl/N-ethyl adjacent to an activating group) is 1. The lowest BCUT2D eigenvalue weighted by molar-refractivity contribution is 0.242. The van der Waals surface area contributed by atoms with Gasteiger partial charge in [-0.1, -0.05) is 19.9 Å². The number of nitrogens with one attached hydrogen (secondary N) is 1. The topological polar surface area (TPSA) is 45.0 Å². The van der Waals surface area contributed by atoms with E-state index in [0.717, 1.165) is 5.75 Å². The molecule has 1 aromatic carbocycles. The van der Waals surface area contributed by atoms with Crippen LogP contribution in [0, 0.1) is 18.3 Å². The molecule has 98 valence electrons. The van der Waals surface area contributed by atoms with E-state index in [-0.39, 0.29) is 0 Å². The summed E-state index contributed by atoms with van der Waals surface area (Å²) in [5.41, 5.74) is 1.91. The molecule has 0 aromatic heterocycles. The Labute approximate surface area is 110 Å². The number of benzene rings is 1. The van der Waals surface area contributed by atoms with E-state index >= 15 is 0 Å². The number of rotatable bonds is 5. The van der Waals surface area contributed by atoms with Gasteiger partial charge in [-0.15, -0.1) is 0 Å². The molecular formula is C15H22N2O. The second kappa shape index (κ2) is 5.88. The molecule has 0 radical (unpaired) electrons. The molecule has 0 aliphatic heterocycles. The van der Waals surface area contributed by atoms with Gasteiger partial charge in [-0.3, -0.25) is 5.32 Å². The number of aryl methyl sites for hydroxylation is 1. The van der Waals surface area contributed by atoms with Crippen LogP contribution >= 0.6 is 0 Å². The lowest BCUT2D eigenvalue weighted by Crippen LogP contribution is -2.43. The van der Waals surface area contributed by atoms with Crippen molar-refractivity contribution in [3.05, 3.63) is 29.3 Å². The highest BCUT2D eigenvalue weighted by Gasteiger charge is 2.22. The molecule has 0 aliphatic carbocycles. The molecule has 0 heterocycles. The highest BCUT2D eigenvalue weighted by atomic mass is 16.5. The summed E-state index contributed by atoms with van der Waals surface area (Å²) in [6, 6.07) is 8.30. The smallest absolute Gasteiger partial charge is 0.137 e. The van der Waals surface area contributed by atoms with Gasteiger partial charge in [0, 0.05) is 0 Å². The molecule has 0 spiro atoms. The minimum Gasteiger partial charge on any atom is -0.491 e. The van der Waals surface area contributed by atoms with Gasteiger partial charge in [0.2, 0.25) is 0 Å². The number of hydrogen-bond donors (Lipinski definition) is 1. The zero-order valence-electron chi connectivity index (χ0n) is 11.9. The van der Waals surface area contributed by atoms with Crippen LogP contribution in [-0.2, 0) is 0 Å². The Balaban J connectivity index is 2.76. The van der Waals surface area contributed by atoms with Crippen LogP contribution in [0.2, 0.25) is 0 Å². The van der Waals surface area contributed by atoms with E-state index in [1.165, 1.54) is 11.1 Å². The molecular weight excluding hydrogens is 224 g/mol. The monoisotopic (exact) mass is 246 g/mol. The van der Waals surface area contributed by atoms with Crippen molar-refractivity contribution in [2.75, 3.05) is 13.7 Å². The van der Waals surface area contributed by atoms with Crippen molar-refractivity contribution in [2.24, 2.45) is 0 Å². The quantitative estimate of drug-likeness (QED) is 0.868. The molecule has 0 bridgehead atoms. The van der Waals surface area contributed by atoms with Crippen molar-refractivity contribution in [1.29, 1.82) is 5.26 Å². The van der Waals surface area contributed by atoms with Gasteiger partial charge in [-0.05, 0) is 50.1 Å². The molecule has 0 saturated heterocycles. The van der Waals surface area contributed by atoms with E-state index in [1.807, 2.05) is 19.1 Å². The molecule has 0 amide bonds. The maximum Gasteiger partial charge on any atom is 0.137 e. The minimum atomic E-state index is -0.648. The molecule has 0 saturated carbocycles. The van der Waals surface area contributed by atoms with Gasteiger partial charge in [0.25, 0.3) is 0 Å². The molecule has 3 heteroatoms. The fraction of sp³-hybridized carbons (Fsp3) is 0.533. The normalized spacial score (nSPS) is 14.1. The van der Waals surface area contributed by atoms with Crippen LogP contribution < -0.4 is 10.1 Å². The van der Waals surface area contributed by atoms with Crippen LogP contribution in [0.3, 0.4) is 0 Å². The summed E-state index contributed by atoms with van der Waals surface area (Å²) >= 11 is 0. The Morgan fingerprint density at radius 1 is 1.44 bits per heavy atom. The van der Waals surface area contributed by atoms with E-state index < -0.39 is 5.54 Å². The maximum absolute atomic E-state index is 9.04. The summed E-state index contributed by atoms with van der Waals surface area (Å²) in [5.74, 6) is 1.33. The third-order valence-corrected chi connectivity index (χ3v) is 3.19. The molecule has 1 rings (SSSR count). The first-order valence-corrected chi connectivity index (χ1v) is 6.25. The van der Waals surface area contributed by atoms with E-state index in [0.29, 0.717) is 12.5 Å². The van der Waals surface area contributed by atoms with Crippen molar-refractivity contribution < 1.29 is 4.74 Å². The van der Waals surface area contributed by atoms with E-state index in [9.17, 15) is 0 Å². The fourth-order valence-electron chi connectivity index (χ4n) is 1.77. The second-order valence-corrected chi connectivity index (χ2v) is 5.16. The average Bonchev–Trinajstić information content (AvgIpc) is 2.35. The lowest BCUT2D eigenvalue weighted by atomic mass is 9.98. The van der Waals surface area contributed by atoms with Gasteiger partial charge in [-0.25, -0.2) is 0 Å². The van der Waals surface area contributed by atoms with Crippen molar-refractivity contribution in [3.8, 4) is 11.8 Å². The van der Waals surface area contributed by atoms with Crippen LogP contribution in [0.4, 0.5) is 0 Å². The Kier molecular flexibility index (Phi) is 4.75. The largest absolute Gasteiger partial charge is 0.491 e. The van der Waals surface area contributed by atoms with Crippen LogP contribution in [0.15, 0.2) is 18.2 Å². The van der Waals surface area contributed by atoms with Crippen LogP contribution in [0.1, 0.15) is 37.8 Å². The van der Waals surface area contributed by atoms with Gasteiger partial charge >= 0.3 is 0 Å². The highest BCUT2D eigenvalue weighted by molar-refractivity contribution is 5.36. The fourth-order valence-corrected chi connectivity index (χ4v) is 1.77. The standard InChI is InChI=1S/C15H22N2O/c1-11(2)14-7-6-13(8-12(14)3)18-10-15(4,9-16)17-5/h6-8,11,17H,10H2,1-5H3. The summed E-state index contributed by atoms with van der Waals surface area (Å²) < 4.78 is 5.68. The van der Waals surface area contributed by atoms with E-state index in [1.54, 1.807) is 7.05 Å². The molecule has 1 unspecified atom stereocenters. The minimum absolute atomic E-state index is 0.334. The SMILES string of the molecule is CNC(C)(C#N)COc1ccc(C(C)C)c(C)c1. The van der Waals surface area contributed by atoms with E-state index in [2.05, 4.69) is 38.2 Å². The van der Waals surface area contributed by atoms with Gasteiger partial charge in [-0.2, -0.15) is 5.26 Å². The average molecular weight is 246 g/mol. The summed E-state index contributed by atoms with van der Waals surface area (Å²) in [7, 11) is 1.76. The predicted octanol–water partition coefficient (Wildman–Crippen LogP) is 3.00. The Morgan fingerprint density at radius 3 is 2.56 bits per heavy atom. The summed E-state index contributed by atoms with van der Waals surface area (Å²) in [6.45, 7) is 8.60. The molecule has 3 nitrogen and oxygen atoms in total. The molecule has 1 N–H and O–H groups in total. The first kappa shape index (κ1) is 14.5. The zero-order chi connectivity index (χ0) is 13.8. The summed E-state index contributed by atoms with van der Waals surface area (Å²) in [5, 5.41) is 12.0. The molecule has 1 atom stereocenters. The molecule has 0 aliphatic rings. The number of nitrogens with zero attached hydrogens (tertiary/aromatic N) is 1. The highest BCUT2D eigenvalue weighted by Crippen LogP contribution is 2.23. The Bertz CT molecular complexity index is 448. The van der Waals surface area contributed by atoms with Crippen molar-refractivity contribution in [2.45, 2.75) is 39.2 Å². The molecule has 18 heavy (non-hydrogen) atoms. The van der Waals surface area contributed by atoms with Gasteiger partial charge in [0.05, 0.1) is 6.07 Å². The lowest BCUT2D eigenvalue weighted by Gasteiger charge is -2.21. The van der Waals surface area contributed by atoms with Crippen LogP contribution in [0.5, 0.6) is 5.75 Å². The second-order valence-electron chi connectivity index (χ2n) is 5.16. The Hall–Kier alpha value is -1.53. The van der Waals surface area contributed by atoms with E-state index in [4.69, 9.17) is 10.00 Å². The van der Waals surface area contributed by atoms with Crippen LogP contribution in [-0.4, -0.2) is 19.2 Å². The number of hydrogen-bond acceptors (Lipinski definition) is 3.